The van der Waals surface area contributed by atoms with Crippen molar-refractivity contribution in [1.29, 1.82) is 0 Å². The molecule has 0 bridgehead atoms. The second-order valence-corrected chi connectivity index (χ2v) is 5.55. The lowest BCUT2D eigenvalue weighted by Crippen LogP contribution is -2.20. The average Bonchev–Trinajstić information content (AvgIpc) is 2.79. The Hall–Kier alpha value is -1.32. The zero-order chi connectivity index (χ0) is 14.5. The Labute approximate surface area is 126 Å². The summed E-state index contributed by atoms with van der Waals surface area (Å²) >= 11 is 6.11. The minimum absolute atomic E-state index is 0.402. The van der Waals surface area contributed by atoms with Gasteiger partial charge in [0, 0.05) is 30.2 Å². The third-order valence-electron chi connectivity index (χ3n) is 3.62. The standard InChI is InChI=1S/C16H22ClN3/c1-4-15-10-16(20(3)19-15)9-13(11-18-2)12-6-5-7-14(17)8-12/h5-8,10,13,18H,4,9,11H2,1-3H3. The van der Waals surface area contributed by atoms with Crippen molar-refractivity contribution in [2.24, 2.45) is 7.05 Å². The Kier molecular flexibility index (Phi) is 5.21. The van der Waals surface area contributed by atoms with Crippen molar-refractivity contribution in [3.63, 3.8) is 0 Å². The molecule has 1 unspecified atom stereocenters. The number of rotatable bonds is 6. The van der Waals surface area contributed by atoms with Crippen molar-refractivity contribution in [2.75, 3.05) is 13.6 Å². The number of nitrogens with zero attached hydrogens (tertiary/aromatic N) is 2. The van der Waals surface area contributed by atoms with Crippen LogP contribution in [0.2, 0.25) is 5.02 Å². The monoisotopic (exact) mass is 291 g/mol. The van der Waals surface area contributed by atoms with E-state index in [2.05, 4.69) is 35.5 Å². The predicted octanol–water partition coefficient (Wildman–Crippen LogP) is 3.18. The van der Waals surface area contributed by atoms with Crippen LogP contribution >= 0.6 is 11.6 Å². The third-order valence-corrected chi connectivity index (χ3v) is 3.85. The summed E-state index contributed by atoms with van der Waals surface area (Å²) in [5, 5.41) is 8.59. The first-order valence-corrected chi connectivity index (χ1v) is 7.43. The van der Waals surface area contributed by atoms with Crippen LogP contribution in [0.25, 0.3) is 0 Å². The molecule has 1 atom stereocenters. The van der Waals surface area contributed by atoms with Gasteiger partial charge >= 0.3 is 0 Å². The molecular formula is C16H22ClN3. The highest BCUT2D eigenvalue weighted by atomic mass is 35.5. The van der Waals surface area contributed by atoms with Crippen LogP contribution in [0.5, 0.6) is 0 Å². The van der Waals surface area contributed by atoms with Crippen LogP contribution in [0.1, 0.15) is 29.8 Å². The fraction of sp³-hybridized carbons (Fsp3) is 0.438. The maximum Gasteiger partial charge on any atom is 0.0624 e. The molecule has 2 aromatic rings. The van der Waals surface area contributed by atoms with Crippen molar-refractivity contribution in [3.05, 3.63) is 52.3 Å². The van der Waals surface area contributed by atoms with Gasteiger partial charge in [-0.3, -0.25) is 4.68 Å². The zero-order valence-electron chi connectivity index (χ0n) is 12.4. The van der Waals surface area contributed by atoms with E-state index in [0.717, 1.165) is 30.1 Å². The highest BCUT2D eigenvalue weighted by molar-refractivity contribution is 6.30. The molecule has 1 heterocycles. The minimum Gasteiger partial charge on any atom is -0.319 e. The first-order valence-electron chi connectivity index (χ1n) is 7.06. The second kappa shape index (κ2) is 6.91. The summed E-state index contributed by atoms with van der Waals surface area (Å²) in [4.78, 5) is 0. The molecule has 108 valence electrons. The zero-order valence-corrected chi connectivity index (χ0v) is 13.1. The molecule has 1 N–H and O–H groups in total. The van der Waals surface area contributed by atoms with Gasteiger partial charge in [0.05, 0.1) is 5.69 Å². The van der Waals surface area contributed by atoms with Crippen molar-refractivity contribution in [2.45, 2.75) is 25.7 Å². The van der Waals surface area contributed by atoms with Crippen LogP contribution in [0.4, 0.5) is 0 Å². The van der Waals surface area contributed by atoms with Crippen LogP contribution in [0, 0.1) is 0 Å². The molecule has 2 rings (SSSR count). The lowest BCUT2D eigenvalue weighted by atomic mass is 9.94. The summed E-state index contributed by atoms with van der Waals surface area (Å²) in [6.45, 7) is 3.06. The normalized spacial score (nSPS) is 12.6. The molecule has 0 spiro atoms. The van der Waals surface area contributed by atoms with E-state index in [4.69, 9.17) is 11.6 Å². The summed E-state index contributed by atoms with van der Waals surface area (Å²) in [5.41, 5.74) is 3.69. The number of aromatic nitrogens is 2. The number of benzene rings is 1. The fourth-order valence-corrected chi connectivity index (χ4v) is 2.70. The fourth-order valence-electron chi connectivity index (χ4n) is 2.50. The van der Waals surface area contributed by atoms with E-state index < -0.39 is 0 Å². The van der Waals surface area contributed by atoms with Crippen LogP contribution in [0.3, 0.4) is 0 Å². The molecule has 20 heavy (non-hydrogen) atoms. The molecule has 0 aliphatic carbocycles. The lowest BCUT2D eigenvalue weighted by Gasteiger charge is -2.17. The van der Waals surface area contributed by atoms with Crippen molar-refractivity contribution >= 4 is 11.6 Å². The summed E-state index contributed by atoms with van der Waals surface area (Å²) in [7, 11) is 4.00. The number of likely N-dealkylation sites (N-methyl/N-ethyl adjacent to an activating group) is 1. The number of hydrogen-bond acceptors (Lipinski definition) is 2. The van der Waals surface area contributed by atoms with Gasteiger partial charge in [-0.15, -0.1) is 0 Å². The Bertz CT molecular complexity index is 563. The third kappa shape index (κ3) is 3.62. The number of hydrogen-bond donors (Lipinski definition) is 1. The topological polar surface area (TPSA) is 29.9 Å². The molecule has 0 aliphatic rings. The molecule has 0 saturated heterocycles. The highest BCUT2D eigenvalue weighted by Crippen LogP contribution is 2.23. The van der Waals surface area contributed by atoms with E-state index in [1.807, 2.05) is 30.9 Å². The van der Waals surface area contributed by atoms with E-state index in [1.165, 1.54) is 11.3 Å². The van der Waals surface area contributed by atoms with Gasteiger partial charge in [0.2, 0.25) is 0 Å². The summed E-state index contributed by atoms with van der Waals surface area (Å²) < 4.78 is 1.99. The second-order valence-electron chi connectivity index (χ2n) is 5.12. The quantitative estimate of drug-likeness (QED) is 0.886. The summed E-state index contributed by atoms with van der Waals surface area (Å²) in [6.07, 6.45) is 1.94. The van der Waals surface area contributed by atoms with Crippen molar-refractivity contribution in [3.8, 4) is 0 Å². The van der Waals surface area contributed by atoms with E-state index in [1.54, 1.807) is 0 Å². The Balaban J connectivity index is 2.22. The lowest BCUT2D eigenvalue weighted by molar-refractivity contribution is 0.590. The summed E-state index contributed by atoms with van der Waals surface area (Å²) in [6, 6.07) is 10.3. The van der Waals surface area contributed by atoms with Crippen LogP contribution in [-0.2, 0) is 19.9 Å². The Morgan fingerprint density at radius 3 is 2.75 bits per heavy atom. The molecule has 0 fully saturated rings. The molecule has 0 radical (unpaired) electrons. The number of aryl methyl sites for hydroxylation is 2. The molecular weight excluding hydrogens is 270 g/mol. The smallest absolute Gasteiger partial charge is 0.0624 e. The Morgan fingerprint density at radius 2 is 2.15 bits per heavy atom. The molecule has 0 amide bonds. The maximum absolute atomic E-state index is 6.11. The molecule has 4 heteroatoms. The van der Waals surface area contributed by atoms with Gasteiger partial charge in [0.1, 0.15) is 0 Å². The Morgan fingerprint density at radius 1 is 1.35 bits per heavy atom. The van der Waals surface area contributed by atoms with Crippen LogP contribution in [0.15, 0.2) is 30.3 Å². The van der Waals surface area contributed by atoms with Crippen molar-refractivity contribution < 1.29 is 0 Å². The first-order chi connectivity index (χ1) is 9.63. The number of nitrogens with one attached hydrogen (secondary N) is 1. The van der Waals surface area contributed by atoms with Gasteiger partial charge in [-0.05, 0) is 43.7 Å². The average molecular weight is 292 g/mol. The largest absolute Gasteiger partial charge is 0.319 e. The van der Waals surface area contributed by atoms with Crippen LogP contribution in [-0.4, -0.2) is 23.4 Å². The van der Waals surface area contributed by atoms with E-state index in [-0.39, 0.29) is 0 Å². The van der Waals surface area contributed by atoms with Gasteiger partial charge in [-0.2, -0.15) is 5.10 Å². The molecule has 1 aromatic heterocycles. The summed E-state index contributed by atoms with van der Waals surface area (Å²) in [5.74, 6) is 0.402. The van der Waals surface area contributed by atoms with Crippen LogP contribution < -0.4 is 5.32 Å². The first kappa shape index (κ1) is 15.1. The van der Waals surface area contributed by atoms with Gasteiger partial charge in [-0.25, -0.2) is 0 Å². The molecule has 0 aliphatic heterocycles. The van der Waals surface area contributed by atoms with E-state index in [0.29, 0.717) is 5.92 Å². The van der Waals surface area contributed by atoms with Crippen molar-refractivity contribution in [1.82, 2.24) is 15.1 Å². The number of halogens is 1. The molecule has 0 saturated carbocycles. The minimum atomic E-state index is 0.402. The van der Waals surface area contributed by atoms with E-state index in [9.17, 15) is 0 Å². The van der Waals surface area contributed by atoms with E-state index >= 15 is 0 Å². The highest BCUT2D eigenvalue weighted by Gasteiger charge is 2.15. The molecule has 1 aromatic carbocycles. The SMILES string of the molecule is CCc1cc(CC(CNC)c2cccc(Cl)c2)n(C)n1. The predicted molar refractivity (Wildman–Crippen MR) is 84.4 cm³/mol. The molecule has 3 nitrogen and oxygen atoms in total. The van der Waals surface area contributed by atoms with Gasteiger partial charge in [0.25, 0.3) is 0 Å². The van der Waals surface area contributed by atoms with Gasteiger partial charge < -0.3 is 5.32 Å². The van der Waals surface area contributed by atoms with Gasteiger partial charge in [-0.1, -0.05) is 30.7 Å². The maximum atomic E-state index is 6.11. The van der Waals surface area contributed by atoms with Gasteiger partial charge in [0.15, 0.2) is 0 Å².